The number of fused-ring (bicyclic) bond motifs is 2. The van der Waals surface area contributed by atoms with E-state index in [0.29, 0.717) is 5.58 Å². The predicted octanol–water partition coefficient (Wildman–Crippen LogP) is 2.21. The van der Waals surface area contributed by atoms with Gasteiger partial charge in [0.15, 0.2) is 0 Å². The van der Waals surface area contributed by atoms with Gasteiger partial charge in [-0.15, -0.1) is 0 Å². The third-order valence-electron chi connectivity index (χ3n) is 4.65. The standard InChI is InChI=1S/C16H17BrN2O2/c17-13-1-2-14-10(3-16(20)21-15(14)4-13)7-19-8-11-5-18-6-12(11)9-19/h1-4,11-12,18H,5-9H2/t11-,12+. The van der Waals surface area contributed by atoms with Crippen molar-refractivity contribution in [2.75, 3.05) is 26.2 Å². The van der Waals surface area contributed by atoms with Gasteiger partial charge in [-0.1, -0.05) is 15.9 Å². The quantitative estimate of drug-likeness (QED) is 0.845. The number of likely N-dealkylation sites (tertiary alicyclic amines) is 1. The number of rotatable bonds is 2. The monoisotopic (exact) mass is 348 g/mol. The summed E-state index contributed by atoms with van der Waals surface area (Å²) in [5, 5.41) is 4.49. The van der Waals surface area contributed by atoms with Crippen LogP contribution < -0.4 is 10.9 Å². The Balaban J connectivity index is 1.66. The van der Waals surface area contributed by atoms with Crippen molar-refractivity contribution in [1.29, 1.82) is 0 Å². The summed E-state index contributed by atoms with van der Waals surface area (Å²) in [5.41, 5.74) is 1.46. The van der Waals surface area contributed by atoms with E-state index in [1.165, 1.54) is 0 Å². The Morgan fingerprint density at radius 3 is 2.76 bits per heavy atom. The average molecular weight is 349 g/mol. The molecule has 3 heterocycles. The van der Waals surface area contributed by atoms with Crippen LogP contribution in [0, 0.1) is 11.8 Å². The molecule has 2 saturated heterocycles. The van der Waals surface area contributed by atoms with Crippen molar-refractivity contribution in [3.63, 3.8) is 0 Å². The smallest absolute Gasteiger partial charge is 0.336 e. The minimum absolute atomic E-state index is 0.267. The van der Waals surface area contributed by atoms with Crippen molar-refractivity contribution < 1.29 is 4.42 Å². The molecule has 4 rings (SSSR count). The molecule has 0 unspecified atom stereocenters. The van der Waals surface area contributed by atoms with Crippen LogP contribution in [0.25, 0.3) is 11.0 Å². The fourth-order valence-electron chi connectivity index (χ4n) is 3.66. The first kappa shape index (κ1) is 13.5. The number of hydrogen-bond donors (Lipinski definition) is 1. The van der Waals surface area contributed by atoms with E-state index in [2.05, 4.69) is 26.1 Å². The van der Waals surface area contributed by atoms with Crippen LogP contribution >= 0.6 is 15.9 Å². The lowest BCUT2D eigenvalue weighted by Gasteiger charge is -2.17. The second kappa shape index (κ2) is 5.23. The van der Waals surface area contributed by atoms with Gasteiger partial charge in [-0.2, -0.15) is 0 Å². The minimum Gasteiger partial charge on any atom is -0.423 e. The van der Waals surface area contributed by atoms with Crippen LogP contribution in [0.1, 0.15) is 5.56 Å². The molecule has 2 aliphatic heterocycles. The Morgan fingerprint density at radius 2 is 2.00 bits per heavy atom. The highest BCUT2D eigenvalue weighted by molar-refractivity contribution is 9.10. The lowest BCUT2D eigenvalue weighted by molar-refractivity contribution is 0.306. The van der Waals surface area contributed by atoms with Gasteiger partial charge in [0.1, 0.15) is 5.58 Å². The van der Waals surface area contributed by atoms with Crippen LogP contribution in [-0.4, -0.2) is 31.1 Å². The number of hydrogen-bond acceptors (Lipinski definition) is 4. The highest BCUT2D eigenvalue weighted by Crippen LogP contribution is 2.29. The highest BCUT2D eigenvalue weighted by Gasteiger charge is 2.35. The summed E-state index contributed by atoms with van der Waals surface area (Å²) in [6.45, 7) is 5.33. The van der Waals surface area contributed by atoms with Crippen molar-refractivity contribution in [3.05, 3.63) is 44.7 Å². The summed E-state index contributed by atoms with van der Waals surface area (Å²) < 4.78 is 6.24. The van der Waals surface area contributed by atoms with Gasteiger partial charge in [-0.05, 0) is 48.7 Å². The zero-order valence-corrected chi connectivity index (χ0v) is 13.2. The first-order valence-corrected chi connectivity index (χ1v) is 8.14. The van der Waals surface area contributed by atoms with Gasteiger partial charge in [0.2, 0.25) is 0 Å². The molecule has 4 nitrogen and oxygen atoms in total. The Morgan fingerprint density at radius 1 is 1.24 bits per heavy atom. The van der Waals surface area contributed by atoms with Gasteiger partial charge in [0, 0.05) is 35.6 Å². The third kappa shape index (κ3) is 2.54. The van der Waals surface area contributed by atoms with Crippen molar-refractivity contribution in [2.45, 2.75) is 6.54 Å². The normalized spacial score (nSPS) is 25.6. The summed E-state index contributed by atoms with van der Waals surface area (Å²) in [4.78, 5) is 14.2. The van der Waals surface area contributed by atoms with E-state index in [9.17, 15) is 4.79 Å². The molecule has 0 bridgehead atoms. The van der Waals surface area contributed by atoms with E-state index in [1.54, 1.807) is 6.07 Å². The Hall–Kier alpha value is -1.17. The molecule has 2 atom stereocenters. The molecule has 1 aromatic heterocycles. The van der Waals surface area contributed by atoms with Gasteiger partial charge in [-0.25, -0.2) is 4.79 Å². The minimum atomic E-state index is -0.267. The molecule has 0 aliphatic carbocycles. The fourth-order valence-corrected chi connectivity index (χ4v) is 4.00. The van der Waals surface area contributed by atoms with Gasteiger partial charge < -0.3 is 9.73 Å². The molecule has 0 saturated carbocycles. The highest BCUT2D eigenvalue weighted by atomic mass is 79.9. The Bertz CT molecular complexity index is 731. The zero-order valence-electron chi connectivity index (χ0n) is 11.6. The lowest BCUT2D eigenvalue weighted by Crippen LogP contribution is -2.25. The molecule has 1 N–H and O–H groups in total. The van der Waals surface area contributed by atoms with E-state index in [-0.39, 0.29) is 5.63 Å². The van der Waals surface area contributed by atoms with Gasteiger partial charge in [0.05, 0.1) is 0 Å². The number of nitrogens with one attached hydrogen (secondary N) is 1. The number of nitrogens with zero attached hydrogens (tertiary/aromatic N) is 1. The molecule has 0 radical (unpaired) electrons. The van der Waals surface area contributed by atoms with Gasteiger partial charge in [-0.3, -0.25) is 4.90 Å². The first-order chi connectivity index (χ1) is 10.2. The Labute approximate surface area is 131 Å². The predicted molar refractivity (Wildman–Crippen MR) is 85.3 cm³/mol. The van der Waals surface area contributed by atoms with E-state index in [0.717, 1.165) is 60.0 Å². The molecule has 2 aliphatic rings. The summed E-state index contributed by atoms with van der Waals surface area (Å²) >= 11 is 3.42. The number of halogens is 1. The fraction of sp³-hybridized carbons (Fsp3) is 0.438. The maximum atomic E-state index is 11.8. The van der Waals surface area contributed by atoms with Crippen molar-refractivity contribution >= 4 is 26.9 Å². The molecule has 2 aromatic rings. The molecular formula is C16H17BrN2O2. The van der Waals surface area contributed by atoms with E-state index < -0.39 is 0 Å². The maximum absolute atomic E-state index is 11.8. The van der Waals surface area contributed by atoms with Gasteiger partial charge >= 0.3 is 5.63 Å². The van der Waals surface area contributed by atoms with Crippen LogP contribution in [0.4, 0.5) is 0 Å². The second-order valence-corrected chi connectivity index (χ2v) is 7.02. The average Bonchev–Trinajstić information content (AvgIpc) is 2.98. The number of benzene rings is 1. The van der Waals surface area contributed by atoms with Crippen LogP contribution in [0.2, 0.25) is 0 Å². The molecule has 0 spiro atoms. The van der Waals surface area contributed by atoms with E-state index in [4.69, 9.17) is 4.42 Å². The molecule has 21 heavy (non-hydrogen) atoms. The second-order valence-electron chi connectivity index (χ2n) is 6.10. The summed E-state index contributed by atoms with van der Waals surface area (Å²) in [6.07, 6.45) is 0. The molecule has 2 fully saturated rings. The topological polar surface area (TPSA) is 45.5 Å². The molecule has 1 aromatic carbocycles. The SMILES string of the molecule is O=c1cc(CN2C[C@H]3CNC[C@H]3C2)c2ccc(Br)cc2o1. The molecule has 0 amide bonds. The van der Waals surface area contributed by atoms with Crippen LogP contribution in [0.3, 0.4) is 0 Å². The third-order valence-corrected chi connectivity index (χ3v) is 5.14. The summed E-state index contributed by atoms with van der Waals surface area (Å²) in [6, 6.07) is 7.52. The molecule has 110 valence electrons. The van der Waals surface area contributed by atoms with E-state index in [1.807, 2.05) is 18.2 Å². The largest absolute Gasteiger partial charge is 0.423 e. The zero-order chi connectivity index (χ0) is 14.4. The van der Waals surface area contributed by atoms with Crippen molar-refractivity contribution in [1.82, 2.24) is 10.2 Å². The first-order valence-electron chi connectivity index (χ1n) is 7.34. The lowest BCUT2D eigenvalue weighted by atomic mass is 10.0. The van der Waals surface area contributed by atoms with Gasteiger partial charge in [0.25, 0.3) is 0 Å². The van der Waals surface area contributed by atoms with E-state index >= 15 is 0 Å². The van der Waals surface area contributed by atoms with Crippen molar-refractivity contribution in [3.8, 4) is 0 Å². The maximum Gasteiger partial charge on any atom is 0.336 e. The molecular weight excluding hydrogens is 332 g/mol. The summed E-state index contributed by atoms with van der Waals surface area (Å²) in [5.74, 6) is 1.54. The van der Waals surface area contributed by atoms with Crippen LogP contribution in [0.15, 0.2) is 37.9 Å². The van der Waals surface area contributed by atoms with Crippen LogP contribution in [-0.2, 0) is 6.54 Å². The Kier molecular flexibility index (Phi) is 3.36. The van der Waals surface area contributed by atoms with Crippen molar-refractivity contribution in [2.24, 2.45) is 11.8 Å². The molecule has 5 heteroatoms. The summed E-state index contributed by atoms with van der Waals surface area (Å²) in [7, 11) is 0. The van der Waals surface area contributed by atoms with Crippen LogP contribution in [0.5, 0.6) is 0 Å².